The molecule has 0 aliphatic rings. The highest BCUT2D eigenvalue weighted by atomic mass is 35.5. The molecular weight excluding hydrogens is 234 g/mol. The first-order valence-electron chi connectivity index (χ1n) is 5.77. The first-order chi connectivity index (χ1) is 7.84. The Bertz CT molecular complexity index is 413. The normalized spacial score (nSPS) is 11.4. The summed E-state index contributed by atoms with van der Waals surface area (Å²) in [5.74, 6) is 0.421. The van der Waals surface area contributed by atoms with Gasteiger partial charge in [-0.25, -0.2) is 0 Å². The second kappa shape index (κ2) is 5.54. The lowest BCUT2D eigenvalue weighted by Gasteiger charge is -2.23. The number of nitrogens with one attached hydrogen (secondary N) is 1. The molecule has 1 N–H and O–H groups in total. The largest absolute Gasteiger partial charge is 0.350 e. The average Bonchev–Trinajstić information content (AvgIpc) is 2.23. The molecule has 0 spiro atoms. The molecule has 0 saturated carbocycles. The van der Waals surface area contributed by atoms with E-state index in [1.165, 1.54) is 11.1 Å². The van der Waals surface area contributed by atoms with Crippen molar-refractivity contribution in [1.82, 2.24) is 5.32 Å². The van der Waals surface area contributed by atoms with Crippen molar-refractivity contribution in [3.63, 3.8) is 0 Å². The molecule has 0 radical (unpaired) electrons. The van der Waals surface area contributed by atoms with Gasteiger partial charge in [-0.1, -0.05) is 18.2 Å². The van der Waals surface area contributed by atoms with Crippen molar-refractivity contribution in [3.8, 4) is 0 Å². The van der Waals surface area contributed by atoms with Crippen LogP contribution in [0.5, 0.6) is 0 Å². The van der Waals surface area contributed by atoms with Crippen LogP contribution in [-0.4, -0.2) is 17.3 Å². The van der Waals surface area contributed by atoms with Crippen molar-refractivity contribution in [1.29, 1.82) is 0 Å². The average molecular weight is 254 g/mol. The van der Waals surface area contributed by atoms with Crippen LogP contribution >= 0.6 is 11.6 Å². The van der Waals surface area contributed by atoms with E-state index in [1.54, 1.807) is 0 Å². The molecule has 0 saturated heterocycles. The summed E-state index contributed by atoms with van der Waals surface area (Å²) in [7, 11) is 0. The molecule has 1 rings (SSSR count). The van der Waals surface area contributed by atoms with Gasteiger partial charge in [0, 0.05) is 11.4 Å². The van der Waals surface area contributed by atoms with Gasteiger partial charge in [-0.3, -0.25) is 4.79 Å². The molecule has 0 fully saturated rings. The summed E-state index contributed by atoms with van der Waals surface area (Å²) in [6.07, 6.45) is 0.404. The zero-order chi connectivity index (χ0) is 13.1. The van der Waals surface area contributed by atoms with E-state index in [0.29, 0.717) is 12.3 Å². The van der Waals surface area contributed by atoms with Crippen LogP contribution in [0.2, 0.25) is 0 Å². The van der Waals surface area contributed by atoms with Crippen LogP contribution in [0.4, 0.5) is 0 Å². The van der Waals surface area contributed by atoms with Crippen LogP contribution in [0.25, 0.3) is 0 Å². The molecule has 0 aromatic heterocycles. The van der Waals surface area contributed by atoms with Crippen LogP contribution < -0.4 is 5.32 Å². The highest BCUT2D eigenvalue weighted by Gasteiger charge is 2.18. The highest BCUT2D eigenvalue weighted by Crippen LogP contribution is 2.11. The number of amides is 1. The lowest BCUT2D eigenvalue weighted by molar-refractivity contribution is -0.121. The monoisotopic (exact) mass is 253 g/mol. The van der Waals surface area contributed by atoms with Gasteiger partial charge in [0.25, 0.3) is 0 Å². The van der Waals surface area contributed by atoms with Crippen LogP contribution in [0.3, 0.4) is 0 Å². The molecule has 0 atom stereocenters. The van der Waals surface area contributed by atoms with Crippen molar-refractivity contribution >= 4 is 17.5 Å². The fraction of sp³-hybridized carbons (Fsp3) is 0.500. The zero-order valence-electron chi connectivity index (χ0n) is 10.9. The maximum Gasteiger partial charge on any atom is 0.224 e. The fourth-order valence-corrected chi connectivity index (χ4v) is 1.62. The summed E-state index contributed by atoms with van der Waals surface area (Å²) in [4.78, 5) is 11.8. The summed E-state index contributed by atoms with van der Waals surface area (Å²) in [6.45, 7) is 7.95. The number of rotatable bonds is 4. The fourth-order valence-electron chi connectivity index (χ4n) is 1.55. The van der Waals surface area contributed by atoms with Crippen LogP contribution in [0.1, 0.15) is 30.5 Å². The van der Waals surface area contributed by atoms with Crippen LogP contribution in [0.15, 0.2) is 18.2 Å². The minimum Gasteiger partial charge on any atom is -0.350 e. The topological polar surface area (TPSA) is 29.1 Å². The zero-order valence-corrected chi connectivity index (χ0v) is 11.7. The van der Waals surface area contributed by atoms with E-state index in [9.17, 15) is 4.79 Å². The lowest BCUT2D eigenvalue weighted by Crippen LogP contribution is -2.45. The molecule has 1 aromatic rings. The Kier molecular flexibility index (Phi) is 4.58. The van der Waals surface area contributed by atoms with Gasteiger partial charge in [-0.2, -0.15) is 0 Å². The van der Waals surface area contributed by atoms with E-state index in [-0.39, 0.29) is 11.4 Å². The summed E-state index contributed by atoms with van der Waals surface area (Å²) in [6, 6.07) is 6.10. The van der Waals surface area contributed by atoms with Gasteiger partial charge in [0.2, 0.25) is 5.91 Å². The van der Waals surface area contributed by atoms with Gasteiger partial charge in [-0.15, -0.1) is 11.6 Å². The molecule has 94 valence electrons. The SMILES string of the molecule is Cc1ccc(CC(=O)NC(C)(C)CCl)cc1C. The van der Waals surface area contributed by atoms with Gasteiger partial charge < -0.3 is 5.32 Å². The van der Waals surface area contributed by atoms with E-state index >= 15 is 0 Å². The summed E-state index contributed by atoms with van der Waals surface area (Å²) >= 11 is 5.77. The highest BCUT2D eigenvalue weighted by molar-refractivity contribution is 6.18. The molecule has 1 aromatic carbocycles. The second-order valence-corrected chi connectivity index (χ2v) is 5.43. The van der Waals surface area contributed by atoms with Crippen molar-refractivity contribution in [2.75, 3.05) is 5.88 Å². The van der Waals surface area contributed by atoms with Crippen molar-refractivity contribution < 1.29 is 4.79 Å². The molecule has 17 heavy (non-hydrogen) atoms. The molecule has 0 heterocycles. The molecule has 0 bridgehead atoms. The third kappa shape index (κ3) is 4.39. The van der Waals surface area contributed by atoms with Crippen LogP contribution in [0, 0.1) is 13.8 Å². The number of aryl methyl sites for hydroxylation is 2. The quantitative estimate of drug-likeness (QED) is 0.822. The van der Waals surface area contributed by atoms with Crippen molar-refractivity contribution in [3.05, 3.63) is 34.9 Å². The number of hydrogen-bond acceptors (Lipinski definition) is 1. The van der Waals surface area contributed by atoms with E-state index in [4.69, 9.17) is 11.6 Å². The van der Waals surface area contributed by atoms with E-state index in [1.807, 2.05) is 26.0 Å². The molecule has 3 heteroatoms. The molecular formula is C14H20ClNO. The summed E-state index contributed by atoms with van der Waals surface area (Å²) < 4.78 is 0. The van der Waals surface area contributed by atoms with Gasteiger partial charge in [-0.05, 0) is 44.4 Å². The minimum absolute atomic E-state index is 0.0129. The standard InChI is InChI=1S/C14H20ClNO/c1-10-5-6-12(7-11(10)2)8-13(17)16-14(3,4)9-15/h5-7H,8-9H2,1-4H3,(H,16,17). The molecule has 0 aliphatic heterocycles. The maximum atomic E-state index is 11.8. The Hall–Kier alpha value is -1.02. The Morgan fingerprint density at radius 2 is 1.94 bits per heavy atom. The van der Waals surface area contributed by atoms with E-state index in [2.05, 4.69) is 25.2 Å². The van der Waals surface area contributed by atoms with Gasteiger partial charge in [0.05, 0.1) is 6.42 Å². The van der Waals surface area contributed by atoms with E-state index < -0.39 is 0 Å². The van der Waals surface area contributed by atoms with Gasteiger partial charge in [0.1, 0.15) is 0 Å². The molecule has 2 nitrogen and oxygen atoms in total. The van der Waals surface area contributed by atoms with Crippen LogP contribution in [-0.2, 0) is 11.2 Å². The maximum absolute atomic E-state index is 11.8. The Morgan fingerprint density at radius 3 is 2.47 bits per heavy atom. The van der Waals surface area contributed by atoms with Gasteiger partial charge in [0.15, 0.2) is 0 Å². The third-order valence-corrected chi connectivity index (χ3v) is 3.42. The number of alkyl halides is 1. The minimum atomic E-state index is -0.349. The third-order valence-electron chi connectivity index (χ3n) is 2.75. The Labute approximate surface area is 108 Å². The molecule has 0 aliphatic carbocycles. The van der Waals surface area contributed by atoms with Crippen molar-refractivity contribution in [2.24, 2.45) is 0 Å². The smallest absolute Gasteiger partial charge is 0.224 e. The Morgan fingerprint density at radius 1 is 1.29 bits per heavy atom. The number of hydrogen-bond donors (Lipinski definition) is 1. The first-order valence-corrected chi connectivity index (χ1v) is 6.30. The summed E-state index contributed by atoms with van der Waals surface area (Å²) in [5.41, 5.74) is 3.15. The first kappa shape index (κ1) is 14.0. The van der Waals surface area contributed by atoms with Crippen molar-refractivity contribution in [2.45, 2.75) is 39.7 Å². The number of carbonyl (C=O) groups excluding carboxylic acids is 1. The number of carbonyl (C=O) groups is 1. The predicted molar refractivity (Wildman–Crippen MR) is 72.6 cm³/mol. The second-order valence-electron chi connectivity index (χ2n) is 5.16. The Balaban J connectivity index is 2.65. The molecule has 0 unspecified atom stereocenters. The number of halogens is 1. The molecule has 1 amide bonds. The number of benzene rings is 1. The van der Waals surface area contributed by atoms with Gasteiger partial charge >= 0.3 is 0 Å². The lowest BCUT2D eigenvalue weighted by atomic mass is 10.0. The van der Waals surface area contributed by atoms with E-state index in [0.717, 1.165) is 5.56 Å². The predicted octanol–water partition coefficient (Wildman–Crippen LogP) is 2.98. The summed E-state index contributed by atoms with van der Waals surface area (Å²) in [5, 5.41) is 2.92.